The zero-order valence-corrected chi connectivity index (χ0v) is 13.6. The van der Waals surface area contributed by atoms with Crippen LogP contribution in [0.15, 0.2) is 29.2 Å². The summed E-state index contributed by atoms with van der Waals surface area (Å²) in [6, 6.07) is 9.20. The number of hydrogen-bond donors (Lipinski definition) is 0. The quantitative estimate of drug-likeness (QED) is 0.848. The molecule has 1 saturated carbocycles. The van der Waals surface area contributed by atoms with Crippen molar-refractivity contribution < 1.29 is 8.42 Å². The van der Waals surface area contributed by atoms with Crippen LogP contribution < -0.4 is 0 Å². The van der Waals surface area contributed by atoms with Crippen LogP contribution in [0.25, 0.3) is 0 Å². The molecule has 1 aliphatic rings. The zero-order valence-electron chi connectivity index (χ0n) is 12.7. The summed E-state index contributed by atoms with van der Waals surface area (Å²) in [5.41, 5.74) is 1.04. The lowest BCUT2D eigenvalue weighted by molar-refractivity contribution is 0.299. The Bertz CT molecular complexity index is 613. The van der Waals surface area contributed by atoms with Gasteiger partial charge in [-0.1, -0.05) is 37.5 Å². The molecule has 4 heteroatoms. The van der Waals surface area contributed by atoms with Crippen molar-refractivity contribution in [1.82, 2.24) is 0 Å². The zero-order chi connectivity index (χ0) is 15.5. The summed E-state index contributed by atoms with van der Waals surface area (Å²) in [7, 11) is -3.41. The monoisotopic (exact) mass is 305 g/mol. The lowest BCUT2D eigenvalue weighted by Gasteiger charge is -2.32. The standard InChI is InChI=1S/C17H23NO2S/c1-3-4-14-7-8-15(12-18)17(11-14)21(19,20)16-9-5-13(2)6-10-16/h5-6,9-10,14-15,17H,3-4,7-8,11H2,1-2H3. The molecule has 3 nitrogen and oxygen atoms in total. The van der Waals surface area contributed by atoms with Crippen molar-refractivity contribution in [3.05, 3.63) is 29.8 Å². The fourth-order valence-electron chi connectivity index (χ4n) is 3.28. The first-order valence-electron chi connectivity index (χ1n) is 7.69. The van der Waals surface area contributed by atoms with E-state index in [1.54, 1.807) is 12.1 Å². The van der Waals surface area contributed by atoms with Gasteiger partial charge in [0.05, 0.1) is 22.1 Å². The Morgan fingerprint density at radius 1 is 1.24 bits per heavy atom. The van der Waals surface area contributed by atoms with Crippen LogP contribution in [0, 0.1) is 30.1 Å². The topological polar surface area (TPSA) is 57.9 Å². The van der Waals surface area contributed by atoms with Crippen LogP contribution in [0.2, 0.25) is 0 Å². The normalized spacial score (nSPS) is 26.2. The maximum absolute atomic E-state index is 12.9. The average Bonchev–Trinajstić information content (AvgIpc) is 2.48. The van der Waals surface area contributed by atoms with E-state index in [9.17, 15) is 13.7 Å². The van der Waals surface area contributed by atoms with E-state index in [2.05, 4.69) is 13.0 Å². The Morgan fingerprint density at radius 3 is 2.48 bits per heavy atom. The molecule has 3 unspecified atom stereocenters. The van der Waals surface area contributed by atoms with Gasteiger partial charge in [-0.25, -0.2) is 8.42 Å². The van der Waals surface area contributed by atoms with Gasteiger partial charge in [-0.2, -0.15) is 5.26 Å². The van der Waals surface area contributed by atoms with Gasteiger partial charge in [-0.15, -0.1) is 0 Å². The van der Waals surface area contributed by atoms with Crippen LogP contribution in [0.1, 0.15) is 44.6 Å². The van der Waals surface area contributed by atoms with Gasteiger partial charge in [0.2, 0.25) is 0 Å². The smallest absolute Gasteiger partial charge is 0.182 e. The van der Waals surface area contributed by atoms with E-state index in [0.717, 1.165) is 24.8 Å². The van der Waals surface area contributed by atoms with Crippen molar-refractivity contribution >= 4 is 9.84 Å². The van der Waals surface area contributed by atoms with E-state index in [1.165, 1.54) is 0 Å². The minimum Gasteiger partial charge on any atom is -0.223 e. The molecule has 0 aliphatic heterocycles. The minimum atomic E-state index is -3.41. The predicted octanol–water partition coefficient (Wildman–Crippen LogP) is 3.88. The minimum absolute atomic E-state index is 0.357. The largest absolute Gasteiger partial charge is 0.223 e. The molecule has 0 amide bonds. The van der Waals surface area contributed by atoms with Gasteiger partial charge >= 0.3 is 0 Å². The molecular formula is C17H23NO2S. The van der Waals surface area contributed by atoms with E-state index in [1.807, 2.05) is 19.1 Å². The molecule has 0 aromatic heterocycles. The number of nitriles is 1. The lowest BCUT2D eigenvalue weighted by atomic mass is 9.80. The number of benzene rings is 1. The van der Waals surface area contributed by atoms with E-state index in [4.69, 9.17) is 0 Å². The van der Waals surface area contributed by atoms with Gasteiger partial charge in [-0.05, 0) is 44.2 Å². The summed E-state index contributed by atoms with van der Waals surface area (Å²) in [6.45, 7) is 4.06. The first kappa shape index (κ1) is 16.0. The van der Waals surface area contributed by atoms with Gasteiger partial charge < -0.3 is 0 Å². The molecule has 0 bridgehead atoms. The molecule has 0 saturated heterocycles. The van der Waals surface area contributed by atoms with Gasteiger partial charge in [0.1, 0.15) is 0 Å². The Kier molecular flexibility index (Phi) is 5.05. The van der Waals surface area contributed by atoms with Crippen molar-refractivity contribution in [2.24, 2.45) is 11.8 Å². The van der Waals surface area contributed by atoms with Gasteiger partial charge in [0.25, 0.3) is 0 Å². The van der Waals surface area contributed by atoms with E-state index in [-0.39, 0.29) is 5.92 Å². The van der Waals surface area contributed by atoms with Crippen LogP contribution in [-0.4, -0.2) is 13.7 Å². The molecule has 1 fully saturated rings. The molecule has 0 N–H and O–H groups in total. The van der Waals surface area contributed by atoms with Crippen LogP contribution in [0.4, 0.5) is 0 Å². The first-order chi connectivity index (χ1) is 9.98. The van der Waals surface area contributed by atoms with E-state index in [0.29, 0.717) is 23.7 Å². The van der Waals surface area contributed by atoms with Crippen molar-refractivity contribution in [3.8, 4) is 6.07 Å². The summed E-state index contributed by atoms with van der Waals surface area (Å²) in [6.07, 6.45) is 4.43. The second-order valence-corrected chi connectivity index (χ2v) is 8.27. The summed E-state index contributed by atoms with van der Waals surface area (Å²) in [4.78, 5) is 0.357. The Labute approximate surface area is 127 Å². The van der Waals surface area contributed by atoms with Crippen molar-refractivity contribution in [2.45, 2.75) is 56.1 Å². The molecule has 114 valence electrons. The summed E-state index contributed by atoms with van der Waals surface area (Å²) < 4.78 is 25.7. The Morgan fingerprint density at radius 2 is 1.90 bits per heavy atom. The summed E-state index contributed by atoms with van der Waals surface area (Å²) in [5.74, 6) is 0.0641. The number of nitrogens with zero attached hydrogens (tertiary/aromatic N) is 1. The van der Waals surface area contributed by atoms with Crippen LogP contribution >= 0.6 is 0 Å². The van der Waals surface area contributed by atoms with Crippen molar-refractivity contribution in [1.29, 1.82) is 5.26 Å². The number of hydrogen-bond acceptors (Lipinski definition) is 3. The van der Waals surface area contributed by atoms with Crippen LogP contribution in [0.5, 0.6) is 0 Å². The van der Waals surface area contributed by atoms with E-state index >= 15 is 0 Å². The van der Waals surface area contributed by atoms with Crippen LogP contribution in [-0.2, 0) is 9.84 Å². The third kappa shape index (κ3) is 3.47. The highest BCUT2D eigenvalue weighted by molar-refractivity contribution is 7.92. The molecule has 3 atom stereocenters. The number of rotatable bonds is 4. The van der Waals surface area contributed by atoms with Crippen molar-refractivity contribution in [3.63, 3.8) is 0 Å². The highest BCUT2D eigenvalue weighted by atomic mass is 32.2. The maximum Gasteiger partial charge on any atom is 0.182 e. The molecular weight excluding hydrogens is 282 g/mol. The molecule has 1 aromatic carbocycles. The second kappa shape index (κ2) is 6.62. The average molecular weight is 305 g/mol. The van der Waals surface area contributed by atoms with Gasteiger partial charge in [0, 0.05) is 0 Å². The van der Waals surface area contributed by atoms with Gasteiger partial charge in [-0.3, -0.25) is 0 Å². The van der Waals surface area contributed by atoms with E-state index < -0.39 is 15.1 Å². The molecule has 0 heterocycles. The summed E-state index contributed by atoms with van der Waals surface area (Å²) in [5, 5.41) is 8.77. The lowest BCUT2D eigenvalue weighted by Crippen LogP contribution is -2.35. The molecule has 0 spiro atoms. The first-order valence-corrected chi connectivity index (χ1v) is 9.23. The predicted molar refractivity (Wildman–Crippen MR) is 83.5 cm³/mol. The molecule has 1 aromatic rings. The molecule has 0 radical (unpaired) electrons. The second-order valence-electron chi connectivity index (χ2n) is 6.10. The molecule has 21 heavy (non-hydrogen) atoms. The SMILES string of the molecule is CCCC1CCC(C#N)C(S(=O)(=O)c2ccc(C)cc2)C1. The third-order valence-corrected chi connectivity index (χ3v) is 6.76. The Hall–Kier alpha value is -1.34. The highest BCUT2D eigenvalue weighted by Gasteiger charge is 2.39. The fraction of sp³-hybridized carbons (Fsp3) is 0.588. The third-order valence-electron chi connectivity index (χ3n) is 4.51. The molecule has 1 aliphatic carbocycles. The Balaban J connectivity index is 2.30. The van der Waals surface area contributed by atoms with Crippen molar-refractivity contribution in [2.75, 3.05) is 0 Å². The summed E-state index contributed by atoms with van der Waals surface area (Å²) >= 11 is 0. The molecule has 2 rings (SSSR count). The fourth-order valence-corrected chi connectivity index (χ4v) is 5.30. The van der Waals surface area contributed by atoms with Gasteiger partial charge in [0.15, 0.2) is 9.84 Å². The number of aryl methyl sites for hydroxylation is 1. The number of sulfone groups is 1. The highest BCUT2D eigenvalue weighted by Crippen LogP contribution is 2.37. The van der Waals surface area contributed by atoms with Crippen LogP contribution in [0.3, 0.4) is 0 Å². The maximum atomic E-state index is 12.9.